The number of rotatable bonds is 5. The van der Waals surface area contributed by atoms with Crippen LogP contribution in [0.25, 0.3) is 0 Å². The number of benzene rings is 2. The molecular formula is C19H17ClF3NO5. The topological polar surface area (TPSA) is 77.0 Å². The average Bonchev–Trinajstić information content (AvgIpc) is 2.91. The van der Waals surface area contributed by atoms with Crippen LogP contribution in [0.5, 0.6) is 17.2 Å². The molecule has 0 fully saturated rings. The predicted octanol–water partition coefficient (Wildman–Crippen LogP) is 3.86. The fourth-order valence-electron chi connectivity index (χ4n) is 2.66. The molecule has 156 valence electrons. The fourth-order valence-corrected chi connectivity index (χ4v) is 2.93. The Hall–Kier alpha value is -2.65. The van der Waals surface area contributed by atoms with E-state index >= 15 is 0 Å². The number of aliphatic hydroxyl groups excluding tert-OH is 1. The Morgan fingerprint density at radius 2 is 1.90 bits per heavy atom. The Bertz CT molecular complexity index is 873. The van der Waals surface area contributed by atoms with Gasteiger partial charge in [-0.1, -0.05) is 23.7 Å². The number of amides is 1. The second-order valence-corrected chi connectivity index (χ2v) is 6.59. The summed E-state index contributed by atoms with van der Waals surface area (Å²) in [7, 11) is 0. The maximum Gasteiger partial charge on any atom is 0.573 e. The zero-order chi connectivity index (χ0) is 21.0. The van der Waals surface area contributed by atoms with E-state index in [9.17, 15) is 23.1 Å². The van der Waals surface area contributed by atoms with Crippen LogP contribution in [0.2, 0.25) is 5.02 Å². The molecule has 0 saturated carbocycles. The maximum absolute atomic E-state index is 12.4. The zero-order valence-electron chi connectivity index (χ0n) is 15.0. The summed E-state index contributed by atoms with van der Waals surface area (Å²) in [4.78, 5) is 12.4. The molecule has 1 heterocycles. The van der Waals surface area contributed by atoms with E-state index in [2.05, 4.69) is 10.1 Å². The van der Waals surface area contributed by atoms with Crippen LogP contribution in [0.1, 0.15) is 28.4 Å². The van der Waals surface area contributed by atoms with Gasteiger partial charge in [0.1, 0.15) is 5.75 Å². The molecule has 1 atom stereocenters. The molecule has 0 spiro atoms. The quantitative estimate of drug-likeness (QED) is 0.751. The molecule has 2 N–H and O–H groups in total. The smallest absolute Gasteiger partial charge is 0.489 e. The highest BCUT2D eigenvalue weighted by Crippen LogP contribution is 2.38. The molecule has 0 bridgehead atoms. The first-order valence-corrected chi connectivity index (χ1v) is 9.02. The summed E-state index contributed by atoms with van der Waals surface area (Å²) in [6.45, 7) is 0.725. The normalized spacial score (nSPS) is 14.7. The number of alkyl halides is 3. The maximum atomic E-state index is 12.4. The van der Waals surface area contributed by atoms with Gasteiger partial charge in [-0.2, -0.15) is 0 Å². The van der Waals surface area contributed by atoms with E-state index in [0.29, 0.717) is 36.7 Å². The molecule has 1 aliphatic heterocycles. The summed E-state index contributed by atoms with van der Waals surface area (Å²) in [6.07, 6.45) is -5.24. The number of hydrogen-bond acceptors (Lipinski definition) is 5. The summed E-state index contributed by atoms with van der Waals surface area (Å²) in [5.41, 5.74) is 0.539. The lowest BCUT2D eigenvalue weighted by Gasteiger charge is -2.15. The van der Waals surface area contributed by atoms with E-state index in [4.69, 9.17) is 21.1 Å². The minimum absolute atomic E-state index is 0.162. The molecule has 0 aliphatic carbocycles. The third kappa shape index (κ3) is 5.68. The second kappa shape index (κ2) is 8.79. The molecule has 2 aromatic rings. The van der Waals surface area contributed by atoms with Crippen molar-refractivity contribution in [2.75, 3.05) is 19.8 Å². The highest BCUT2D eigenvalue weighted by molar-refractivity contribution is 6.32. The molecule has 6 nitrogen and oxygen atoms in total. The Kier molecular flexibility index (Phi) is 6.39. The number of carbonyl (C=O) groups excluding carboxylic acids is 1. The number of carbonyl (C=O) groups is 1. The van der Waals surface area contributed by atoms with Gasteiger partial charge in [-0.15, -0.1) is 13.2 Å². The van der Waals surface area contributed by atoms with Crippen LogP contribution in [0.4, 0.5) is 13.2 Å². The zero-order valence-corrected chi connectivity index (χ0v) is 15.7. The van der Waals surface area contributed by atoms with Crippen molar-refractivity contribution < 1.29 is 37.3 Å². The molecule has 3 rings (SSSR count). The first kappa shape index (κ1) is 21.1. The van der Waals surface area contributed by atoms with E-state index in [-0.39, 0.29) is 17.1 Å². The van der Waals surface area contributed by atoms with Gasteiger partial charge < -0.3 is 24.6 Å². The van der Waals surface area contributed by atoms with Crippen molar-refractivity contribution in [1.29, 1.82) is 0 Å². The minimum atomic E-state index is -4.79. The van der Waals surface area contributed by atoms with Crippen molar-refractivity contribution in [2.45, 2.75) is 18.9 Å². The number of hydrogen-bond donors (Lipinski definition) is 2. The van der Waals surface area contributed by atoms with Crippen molar-refractivity contribution >= 4 is 17.5 Å². The monoisotopic (exact) mass is 431 g/mol. The second-order valence-electron chi connectivity index (χ2n) is 6.18. The van der Waals surface area contributed by atoms with Crippen LogP contribution in [-0.4, -0.2) is 37.1 Å². The summed E-state index contributed by atoms with van der Waals surface area (Å²) >= 11 is 6.16. The Labute approximate surface area is 169 Å². The van der Waals surface area contributed by atoms with Gasteiger partial charge in [-0.3, -0.25) is 4.79 Å². The van der Waals surface area contributed by atoms with Crippen LogP contribution < -0.4 is 19.5 Å². The fraction of sp³-hybridized carbons (Fsp3) is 0.316. The molecule has 1 unspecified atom stereocenters. The summed E-state index contributed by atoms with van der Waals surface area (Å²) in [5.74, 6) is -0.166. The van der Waals surface area contributed by atoms with Crippen molar-refractivity contribution in [3.8, 4) is 17.2 Å². The standard InChI is InChI=1S/C19H17ClF3NO5/c20-14-8-12(9-16-17(14)28-7-1-6-27-16)18(26)24-10-15(25)11-2-4-13(5-3-11)29-19(21,22)23/h2-5,8-9,15,25H,1,6-7,10H2,(H,24,26). The average molecular weight is 432 g/mol. The van der Waals surface area contributed by atoms with Crippen LogP contribution in [0.15, 0.2) is 36.4 Å². The molecule has 2 aromatic carbocycles. The van der Waals surface area contributed by atoms with Crippen LogP contribution >= 0.6 is 11.6 Å². The number of nitrogens with one attached hydrogen (secondary N) is 1. The van der Waals surface area contributed by atoms with Gasteiger partial charge >= 0.3 is 6.36 Å². The third-order valence-electron chi connectivity index (χ3n) is 4.02. The lowest BCUT2D eigenvalue weighted by Crippen LogP contribution is -2.28. The number of ether oxygens (including phenoxy) is 3. The SMILES string of the molecule is O=C(NCC(O)c1ccc(OC(F)(F)F)cc1)c1cc(Cl)c2c(c1)OCCCO2. The summed E-state index contributed by atoms with van der Waals surface area (Å²) < 4.78 is 51.3. The van der Waals surface area contributed by atoms with Crippen LogP contribution in [-0.2, 0) is 0 Å². The van der Waals surface area contributed by atoms with E-state index in [1.807, 2.05) is 0 Å². The molecule has 0 saturated heterocycles. The van der Waals surface area contributed by atoms with Gasteiger partial charge in [0.05, 0.1) is 24.3 Å². The van der Waals surface area contributed by atoms with Gasteiger partial charge in [0, 0.05) is 18.5 Å². The van der Waals surface area contributed by atoms with Crippen LogP contribution in [0.3, 0.4) is 0 Å². The molecule has 0 radical (unpaired) electrons. The third-order valence-corrected chi connectivity index (χ3v) is 4.30. The highest BCUT2D eigenvalue weighted by Gasteiger charge is 2.31. The Balaban J connectivity index is 1.61. The van der Waals surface area contributed by atoms with E-state index in [1.165, 1.54) is 24.3 Å². The first-order valence-electron chi connectivity index (χ1n) is 8.64. The van der Waals surface area contributed by atoms with Gasteiger partial charge in [0.2, 0.25) is 0 Å². The molecule has 1 amide bonds. The number of fused-ring (bicyclic) bond motifs is 1. The van der Waals surface area contributed by atoms with Gasteiger partial charge in [-0.05, 0) is 29.8 Å². The lowest BCUT2D eigenvalue weighted by molar-refractivity contribution is -0.274. The molecule has 10 heteroatoms. The summed E-state index contributed by atoms with van der Waals surface area (Å²) in [6, 6.07) is 7.65. The van der Waals surface area contributed by atoms with Crippen molar-refractivity contribution in [3.05, 3.63) is 52.5 Å². The molecule has 1 aliphatic rings. The van der Waals surface area contributed by atoms with E-state index in [1.54, 1.807) is 0 Å². The molecule has 29 heavy (non-hydrogen) atoms. The minimum Gasteiger partial charge on any atom is -0.489 e. The Morgan fingerprint density at radius 3 is 2.59 bits per heavy atom. The van der Waals surface area contributed by atoms with Gasteiger partial charge in [-0.25, -0.2) is 0 Å². The largest absolute Gasteiger partial charge is 0.573 e. The highest BCUT2D eigenvalue weighted by atomic mass is 35.5. The predicted molar refractivity (Wildman–Crippen MR) is 97.5 cm³/mol. The van der Waals surface area contributed by atoms with Gasteiger partial charge in [0.25, 0.3) is 5.91 Å². The molecule has 0 aromatic heterocycles. The van der Waals surface area contributed by atoms with E-state index < -0.39 is 24.1 Å². The Morgan fingerprint density at radius 1 is 1.21 bits per heavy atom. The van der Waals surface area contributed by atoms with Crippen LogP contribution in [0, 0.1) is 0 Å². The van der Waals surface area contributed by atoms with Crippen molar-refractivity contribution in [3.63, 3.8) is 0 Å². The van der Waals surface area contributed by atoms with Gasteiger partial charge in [0.15, 0.2) is 11.5 Å². The lowest BCUT2D eigenvalue weighted by atomic mass is 10.1. The molecular weight excluding hydrogens is 415 g/mol. The first-order chi connectivity index (χ1) is 13.7. The number of halogens is 4. The van der Waals surface area contributed by atoms with Crippen molar-refractivity contribution in [2.24, 2.45) is 0 Å². The number of aliphatic hydroxyl groups is 1. The van der Waals surface area contributed by atoms with Crippen molar-refractivity contribution in [1.82, 2.24) is 5.32 Å². The summed E-state index contributed by atoms with van der Waals surface area (Å²) in [5, 5.41) is 13.0. The van der Waals surface area contributed by atoms with E-state index in [0.717, 1.165) is 12.1 Å².